The fourth-order valence-corrected chi connectivity index (χ4v) is 4.30. The normalized spacial score (nSPS) is 31.1. The molecular formula is C21H36O7. The van der Waals surface area contributed by atoms with E-state index in [0.717, 1.165) is 25.7 Å². The van der Waals surface area contributed by atoms with Gasteiger partial charge in [0, 0.05) is 25.9 Å². The molecule has 0 radical (unpaired) electrons. The molecule has 6 atom stereocenters. The minimum absolute atomic E-state index is 0.00663. The zero-order chi connectivity index (χ0) is 20.7. The van der Waals surface area contributed by atoms with Crippen LogP contribution in [-0.2, 0) is 28.5 Å². The molecule has 1 aliphatic heterocycles. The minimum Gasteiger partial charge on any atom is -0.462 e. The lowest BCUT2D eigenvalue weighted by atomic mass is 9.83. The maximum Gasteiger partial charge on any atom is 0.311 e. The van der Waals surface area contributed by atoms with Gasteiger partial charge in [-0.15, -0.1) is 0 Å². The Morgan fingerprint density at radius 1 is 1.25 bits per heavy atom. The maximum atomic E-state index is 12.3. The molecule has 162 valence electrons. The summed E-state index contributed by atoms with van der Waals surface area (Å²) >= 11 is 0. The van der Waals surface area contributed by atoms with Gasteiger partial charge in [-0.2, -0.15) is 0 Å². The smallest absolute Gasteiger partial charge is 0.311 e. The van der Waals surface area contributed by atoms with Gasteiger partial charge in [0.1, 0.15) is 19.0 Å². The third kappa shape index (κ3) is 6.42. The van der Waals surface area contributed by atoms with Gasteiger partial charge in [-0.3, -0.25) is 9.59 Å². The Balaban J connectivity index is 1.82. The van der Waals surface area contributed by atoms with Crippen molar-refractivity contribution in [3.8, 4) is 0 Å². The molecule has 0 aromatic rings. The predicted molar refractivity (Wildman–Crippen MR) is 102 cm³/mol. The molecule has 0 aromatic heterocycles. The monoisotopic (exact) mass is 400 g/mol. The summed E-state index contributed by atoms with van der Waals surface area (Å²) in [6.45, 7) is 5.63. The number of rotatable bonds is 9. The Morgan fingerprint density at radius 2 is 1.93 bits per heavy atom. The number of esters is 2. The summed E-state index contributed by atoms with van der Waals surface area (Å²) in [6, 6.07) is 0. The van der Waals surface area contributed by atoms with E-state index in [4.69, 9.17) is 18.9 Å². The first-order chi connectivity index (χ1) is 13.3. The third-order valence-corrected chi connectivity index (χ3v) is 5.98. The molecular weight excluding hydrogens is 364 g/mol. The molecule has 1 heterocycles. The Labute approximate surface area is 168 Å². The van der Waals surface area contributed by atoms with Crippen LogP contribution in [0.2, 0.25) is 0 Å². The fourth-order valence-electron chi connectivity index (χ4n) is 4.30. The molecule has 0 amide bonds. The Morgan fingerprint density at radius 3 is 2.57 bits per heavy atom. The largest absolute Gasteiger partial charge is 0.462 e. The number of hydrogen-bond donors (Lipinski definition) is 1. The summed E-state index contributed by atoms with van der Waals surface area (Å²) in [7, 11) is 1.54. The van der Waals surface area contributed by atoms with Crippen molar-refractivity contribution in [2.24, 2.45) is 17.8 Å². The molecule has 2 rings (SSSR count). The van der Waals surface area contributed by atoms with Crippen LogP contribution < -0.4 is 0 Å². The lowest BCUT2D eigenvalue weighted by Gasteiger charge is -2.39. The Kier molecular flexibility index (Phi) is 9.18. The molecule has 7 heteroatoms. The standard InChI is InChI=1S/C21H36O7/c1-13(27-21(24)16-8-6-5-7-9-16)10-17(22)11-18-14(2)19(26-12-25-4)15(3)20(23)28-18/h13-19,22H,5-12H2,1-4H3/t13-,14+,15+,17+,18+,19+/m1/s1. The van der Waals surface area contributed by atoms with Gasteiger partial charge in [0.05, 0.1) is 24.0 Å². The highest BCUT2D eigenvalue weighted by molar-refractivity contribution is 5.74. The van der Waals surface area contributed by atoms with E-state index in [1.165, 1.54) is 13.5 Å². The second-order valence-corrected chi connectivity index (χ2v) is 8.37. The van der Waals surface area contributed by atoms with Crippen molar-refractivity contribution < 1.29 is 33.6 Å². The van der Waals surface area contributed by atoms with Gasteiger partial charge in [-0.05, 0) is 26.7 Å². The number of hydrogen-bond acceptors (Lipinski definition) is 7. The highest BCUT2D eigenvalue weighted by atomic mass is 16.7. The van der Waals surface area contributed by atoms with Crippen LogP contribution in [0.15, 0.2) is 0 Å². The van der Waals surface area contributed by atoms with Gasteiger partial charge < -0.3 is 24.1 Å². The second-order valence-electron chi connectivity index (χ2n) is 8.37. The van der Waals surface area contributed by atoms with E-state index in [2.05, 4.69) is 0 Å². The highest BCUT2D eigenvalue weighted by Crippen LogP contribution is 2.32. The van der Waals surface area contributed by atoms with Crippen LogP contribution in [0.5, 0.6) is 0 Å². The number of carbonyl (C=O) groups excluding carboxylic acids is 2. The number of cyclic esters (lactones) is 1. The van der Waals surface area contributed by atoms with Gasteiger partial charge in [0.2, 0.25) is 0 Å². The van der Waals surface area contributed by atoms with E-state index in [0.29, 0.717) is 6.42 Å². The number of ether oxygens (including phenoxy) is 4. The lowest BCUT2D eigenvalue weighted by molar-refractivity contribution is -0.196. The van der Waals surface area contributed by atoms with Gasteiger partial charge in [0.15, 0.2) is 0 Å². The summed E-state index contributed by atoms with van der Waals surface area (Å²) in [5.74, 6) is -0.939. The van der Waals surface area contributed by atoms with Crippen molar-refractivity contribution >= 4 is 11.9 Å². The van der Waals surface area contributed by atoms with Crippen molar-refractivity contribution in [2.75, 3.05) is 13.9 Å². The van der Waals surface area contributed by atoms with Crippen LogP contribution in [0, 0.1) is 17.8 Å². The molecule has 1 aliphatic carbocycles. The number of aliphatic hydroxyl groups is 1. The Bertz CT molecular complexity index is 503. The lowest BCUT2D eigenvalue weighted by Crippen LogP contribution is -2.49. The SMILES string of the molecule is COCO[C@H]1[C@@H](C)[C@H](C[C@@H](O)C[C@@H](C)OC(=O)C2CCCCC2)OC(=O)[C@H]1C. The van der Waals surface area contributed by atoms with E-state index in [1.807, 2.05) is 6.92 Å². The molecule has 1 saturated heterocycles. The van der Waals surface area contributed by atoms with Gasteiger partial charge in [-0.1, -0.05) is 26.2 Å². The maximum absolute atomic E-state index is 12.3. The molecule has 0 unspecified atom stereocenters. The average molecular weight is 401 g/mol. The van der Waals surface area contributed by atoms with Gasteiger partial charge in [-0.25, -0.2) is 0 Å². The molecule has 0 bridgehead atoms. The minimum atomic E-state index is -0.731. The first-order valence-corrected chi connectivity index (χ1v) is 10.5. The van der Waals surface area contributed by atoms with E-state index in [9.17, 15) is 14.7 Å². The van der Waals surface area contributed by atoms with Crippen molar-refractivity contribution in [3.63, 3.8) is 0 Å². The zero-order valence-electron chi connectivity index (χ0n) is 17.6. The van der Waals surface area contributed by atoms with E-state index in [-0.39, 0.29) is 55.1 Å². The average Bonchev–Trinajstić information content (AvgIpc) is 2.66. The number of methoxy groups -OCH3 is 1. The van der Waals surface area contributed by atoms with E-state index in [1.54, 1.807) is 13.8 Å². The number of aliphatic hydroxyl groups excluding tert-OH is 1. The summed E-state index contributed by atoms with van der Waals surface area (Å²) < 4.78 is 21.7. The van der Waals surface area contributed by atoms with Gasteiger partial charge in [0.25, 0.3) is 0 Å². The van der Waals surface area contributed by atoms with Crippen molar-refractivity contribution in [2.45, 2.75) is 90.1 Å². The van der Waals surface area contributed by atoms with E-state index >= 15 is 0 Å². The molecule has 2 fully saturated rings. The fraction of sp³-hybridized carbons (Fsp3) is 0.905. The topological polar surface area (TPSA) is 91.3 Å². The molecule has 2 aliphatic rings. The predicted octanol–water partition coefficient (Wildman–Crippen LogP) is 2.83. The van der Waals surface area contributed by atoms with E-state index < -0.39 is 12.2 Å². The third-order valence-electron chi connectivity index (χ3n) is 5.98. The Hall–Kier alpha value is -1.18. The summed E-state index contributed by atoms with van der Waals surface area (Å²) in [5.41, 5.74) is 0. The van der Waals surface area contributed by atoms with Crippen LogP contribution in [0.1, 0.15) is 65.7 Å². The van der Waals surface area contributed by atoms with Crippen LogP contribution in [0.3, 0.4) is 0 Å². The molecule has 7 nitrogen and oxygen atoms in total. The molecule has 0 aromatic carbocycles. The molecule has 28 heavy (non-hydrogen) atoms. The molecule has 1 N–H and O–H groups in total. The van der Waals surface area contributed by atoms with Gasteiger partial charge >= 0.3 is 11.9 Å². The van der Waals surface area contributed by atoms with Crippen molar-refractivity contribution in [3.05, 3.63) is 0 Å². The van der Waals surface area contributed by atoms with Crippen LogP contribution in [0.25, 0.3) is 0 Å². The zero-order valence-corrected chi connectivity index (χ0v) is 17.6. The van der Waals surface area contributed by atoms with Crippen LogP contribution in [0.4, 0.5) is 0 Å². The molecule has 1 saturated carbocycles. The van der Waals surface area contributed by atoms with Crippen molar-refractivity contribution in [1.82, 2.24) is 0 Å². The second kappa shape index (κ2) is 11.1. The van der Waals surface area contributed by atoms with Crippen LogP contribution in [-0.4, -0.2) is 55.4 Å². The first-order valence-electron chi connectivity index (χ1n) is 10.5. The van der Waals surface area contributed by atoms with Crippen LogP contribution >= 0.6 is 0 Å². The highest BCUT2D eigenvalue weighted by Gasteiger charge is 2.43. The summed E-state index contributed by atoms with van der Waals surface area (Å²) in [5, 5.41) is 10.5. The van der Waals surface area contributed by atoms with Crippen molar-refractivity contribution in [1.29, 1.82) is 0 Å². The first kappa shape index (κ1) is 23.1. The molecule has 0 spiro atoms. The number of carbonyl (C=O) groups is 2. The summed E-state index contributed by atoms with van der Waals surface area (Å²) in [4.78, 5) is 24.4. The summed E-state index contributed by atoms with van der Waals surface area (Å²) in [6.07, 6.45) is 3.86. The quantitative estimate of drug-likeness (QED) is 0.470.